The smallest absolute Gasteiger partial charge is 0.339 e. The summed E-state index contributed by atoms with van der Waals surface area (Å²) in [6, 6.07) is 3.99. The van der Waals surface area contributed by atoms with Crippen LogP contribution in [-0.4, -0.2) is 15.3 Å². The molecule has 0 bridgehead atoms. The summed E-state index contributed by atoms with van der Waals surface area (Å²) < 4.78 is 43.4. The van der Waals surface area contributed by atoms with Gasteiger partial charge in [-0.25, -0.2) is 13.6 Å². The first-order valence-corrected chi connectivity index (χ1v) is 6.86. The fourth-order valence-electron chi connectivity index (χ4n) is 1.69. The molecule has 106 valence electrons. The third kappa shape index (κ3) is 2.93. The number of hydrogen-bond donors (Lipinski definition) is 1. The number of halogens is 2. The van der Waals surface area contributed by atoms with Crippen LogP contribution in [0.1, 0.15) is 21.9 Å². The van der Waals surface area contributed by atoms with Crippen LogP contribution in [0.15, 0.2) is 33.6 Å². The zero-order chi connectivity index (χ0) is 14.9. The molecule has 7 heteroatoms. The van der Waals surface area contributed by atoms with Crippen LogP contribution in [0.2, 0.25) is 0 Å². The lowest BCUT2D eigenvalue weighted by molar-refractivity contribution is 0.0695. The monoisotopic (exact) mass is 300 g/mol. The molecule has 1 N–H and O–H groups in total. The highest BCUT2D eigenvalue weighted by Gasteiger charge is 2.17. The Morgan fingerprint density at radius 3 is 2.60 bits per heavy atom. The molecule has 0 amide bonds. The van der Waals surface area contributed by atoms with Gasteiger partial charge in [0.2, 0.25) is 0 Å². The maximum Gasteiger partial charge on any atom is 0.339 e. The van der Waals surface area contributed by atoms with Gasteiger partial charge in [0, 0.05) is 6.07 Å². The summed E-state index contributed by atoms with van der Waals surface area (Å²) in [4.78, 5) is 10.7. The molecule has 4 nitrogen and oxygen atoms in total. The van der Waals surface area contributed by atoms with Crippen LogP contribution in [0.25, 0.3) is 0 Å². The van der Waals surface area contributed by atoms with Gasteiger partial charge in [0.15, 0.2) is 0 Å². The van der Waals surface area contributed by atoms with Crippen molar-refractivity contribution in [3.8, 4) is 0 Å². The summed E-state index contributed by atoms with van der Waals surface area (Å²) in [5, 5.41) is 8.87. The Hall–Kier alpha value is -2.02. The van der Waals surface area contributed by atoms with Gasteiger partial charge in [-0.1, -0.05) is 0 Å². The second-order valence-corrected chi connectivity index (χ2v) is 5.47. The van der Waals surface area contributed by atoms with Crippen molar-refractivity contribution >= 4 is 16.8 Å². The first-order chi connectivity index (χ1) is 9.38. The second-order valence-electron chi connectivity index (χ2n) is 4.05. The van der Waals surface area contributed by atoms with Crippen LogP contribution in [0.5, 0.6) is 0 Å². The Labute approximate surface area is 115 Å². The van der Waals surface area contributed by atoms with Crippen LogP contribution >= 0.6 is 0 Å². The fraction of sp³-hybridized carbons (Fsp3) is 0.154. The van der Waals surface area contributed by atoms with Crippen molar-refractivity contribution in [1.29, 1.82) is 0 Å². The molecule has 1 unspecified atom stereocenters. The summed E-state index contributed by atoms with van der Waals surface area (Å²) >= 11 is 0. The quantitative estimate of drug-likeness (QED) is 0.942. The molecule has 2 aromatic rings. The highest BCUT2D eigenvalue weighted by atomic mass is 32.2. The average molecular weight is 300 g/mol. The maximum atomic E-state index is 13.5. The minimum absolute atomic E-state index is 0.0309. The Kier molecular flexibility index (Phi) is 3.99. The van der Waals surface area contributed by atoms with E-state index < -0.39 is 28.4 Å². The van der Waals surface area contributed by atoms with E-state index >= 15 is 0 Å². The van der Waals surface area contributed by atoms with E-state index in [4.69, 9.17) is 9.52 Å². The van der Waals surface area contributed by atoms with E-state index in [0.29, 0.717) is 6.07 Å². The number of aromatic carboxylic acids is 1. The summed E-state index contributed by atoms with van der Waals surface area (Å²) in [5.41, 5.74) is -0.0309. The molecule has 0 saturated heterocycles. The van der Waals surface area contributed by atoms with Crippen molar-refractivity contribution in [2.24, 2.45) is 0 Å². The molecule has 0 saturated carbocycles. The predicted molar refractivity (Wildman–Crippen MR) is 66.9 cm³/mol. The minimum Gasteiger partial charge on any atom is -0.478 e. The first kappa shape index (κ1) is 14.4. The van der Waals surface area contributed by atoms with Crippen molar-refractivity contribution in [2.75, 3.05) is 0 Å². The molecule has 0 spiro atoms. The number of furan rings is 1. The summed E-state index contributed by atoms with van der Waals surface area (Å²) in [5.74, 6) is -2.66. The third-order valence-electron chi connectivity index (χ3n) is 2.61. The summed E-state index contributed by atoms with van der Waals surface area (Å²) in [6.45, 7) is 1.47. The number of aryl methyl sites for hydroxylation is 1. The van der Waals surface area contributed by atoms with Gasteiger partial charge >= 0.3 is 5.97 Å². The Balaban J connectivity index is 2.23. The molecule has 20 heavy (non-hydrogen) atoms. The number of benzene rings is 1. The molecule has 0 fully saturated rings. The van der Waals surface area contributed by atoms with E-state index in [2.05, 4.69) is 0 Å². The number of rotatable bonds is 4. The van der Waals surface area contributed by atoms with Gasteiger partial charge in [-0.05, 0) is 25.1 Å². The Morgan fingerprint density at radius 2 is 2.05 bits per heavy atom. The van der Waals surface area contributed by atoms with Gasteiger partial charge in [0.05, 0.1) is 21.4 Å². The maximum absolute atomic E-state index is 13.5. The van der Waals surface area contributed by atoms with Crippen molar-refractivity contribution in [2.45, 2.75) is 17.6 Å². The second kappa shape index (κ2) is 5.54. The van der Waals surface area contributed by atoms with Gasteiger partial charge < -0.3 is 9.52 Å². The van der Waals surface area contributed by atoms with Gasteiger partial charge in [-0.3, -0.25) is 4.21 Å². The highest BCUT2D eigenvalue weighted by Crippen LogP contribution is 2.20. The standard InChI is InChI=1S/C13H10F2O4S/c1-7-10(13(16)17)5-9(19-7)6-20(18)12-3-2-8(14)4-11(12)15/h2-5H,6H2,1H3,(H,16,17). The first-order valence-electron chi connectivity index (χ1n) is 5.54. The van der Waals surface area contributed by atoms with E-state index in [1.807, 2.05) is 0 Å². The fourth-order valence-corrected chi connectivity index (χ4v) is 2.75. The van der Waals surface area contributed by atoms with Gasteiger partial charge in [0.1, 0.15) is 28.7 Å². The van der Waals surface area contributed by atoms with E-state index in [-0.39, 0.29) is 27.7 Å². The van der Waals surface area contributed by atoms with E-state index in [9.17, 15) is 17.8 Å². The molecule has 2 rings (SSSR count). The number of carbonyl (C=O) groups is 1. The van der Waals surface area contributed by atoms with Crippen LogP contribution in [0.4, 0.5) is 8.78 Å². The number of carboxylic acids is 1. The SMILES string of the molecule is Cc1oc(CS(=O)c2ccc(F)cc2F)cc1C(=O)O. The van der Waals surface area contributed by atoms with Crippen LogP contribution in [0.3, 0.4) is 0 Å². The molecular formula is C13H10F2O4S. The van der Waals surface area contributed by atoms with Gasteiger partial charge in [-0.2, -0.15) is 0 Å². The highest BCUT2D eigenvalue weighted by molar-refractivity contribution is 7.84. The van der Waals surface area contributed by atoms with Crippen molar-refractivity contribution in [3.05, 3.63) is 53.0 Å². The zero-order valence-corrected chi connectivity index (χ0v) is 11.2. The van der Waals surface area contributed by atoms with Gasteiger partial charge in [0.25, 0.3) is 0 Å². The largest absolute Gasteiger partial charge is 0.478 e. The topological polar surface area (TPSA) is 67.5 Å². The summed E-state index contributed by atoms with van der Waals surface area (Å²) in [6.07, 6.45) is 0. The summed E-state index contributed by atoms with van der Waals surface area (Å²) in [7, 11) is -1.79. The number of carboxylic acid groups (broad SMARTS) is 1. The molecule has 0 radical (unpaired) electrons. The van der Waals surface area contributed by atoms with E-state index in [1.165, 1.54) is 13.0 Å². The van der Waals surface area contributed by atoms with Gasteiger partial charge in [-0.15, -0.1) is 0 Å². The normalized spacial score (nSPS) is 12.3. The van der Waals surface area contributed by atoms with Crippen LogP contribution in [-0.2, 0) is 16.6 Å². The molecule has 0 aliphatic carbocycles. The molecule has 0 aliphatic rings. The number of hydrogen-bond acceptors (Lipinski definition) is 3. The lowest BCUT2D eigenvalue weighted by atomic mass is 10.2. The zero-order valence-electron chi connectivity index (χ0n) is 10.4. The minimum atomic E-state index is -1.79. The van der Waals surface area contributed by atoms with Crippen molar-refractivity contribution < 1.29 is 27.3 Å². The molecule has 1 heterocycles. The van der Waals surface area contributed by atoms with E-state index in [0.717, 1.165) is 12.1 Å². The molecular weight excluding hydrogens is 290 g/mol. The van der Waals surface area contributed by atoms with Crippen molar-refractivity contribution in [1.82, 2.24) is 0 Å². The van der Waals surface area contributed by atoms with Crippen LogP contribution in [0, 0.1) is 18.6 Å². The Bertz CT molecular complexity index is 694. The molecule has 0 aliphatic heterocycles. The molecule has 1 atom stereocenters. The van der Waals surface area contributed by atoms with Crippen molar-refractivity contribution in [3.63, 3.8) is 0 Å². The predicted octanol–water partition coefficient (Wildman–Crippen LogP) is 2.87. The lowest BCUT2D eigenvalue weighted by Crippen LogP contribution is -1.99. The average Bonchev–Trinajstić information content (AvgIpc) is 2.70. The van der Waals surface area contributed by atoms with E-state index in [1.54, 1.807) is 0 Å². The third-order valence-corrected chi connectivity index (χ3v) is 3.98. The Morgan fingerprint density at radius 1 is 1.35 bits per heavy atom. The molecule has 1 aromatic carbocycles. The molecule has 1 aromatic heterocycles. The van der Waals surface area contributed by atoms with Crippen LogP contribution < -0.4 is 0 Å². The lowest BCUT2D eigenvalue weighted by Gasteiger charge is -2.02.